The number of benzene rings is 1. The van der Waals surface area contributed by atoms with E-state index in [0.29, 0.717) is 13.1 Å². The average Bonchev–Trinajstić information content (AvgIpc) is 2.15. The molecule has 0 spiro atoms. The molecule has 1 saturated heterocycles. The summed E-state index contributed by atoms with van der Waals surface area (Å²) in [6.45, 7) is 1.30. The summed E-state index contributed by atoms with van der Waals surface area (Å²) < 4.78 is 0. The van der Waals surface area contributed by atoms with E-state index in [0.717, 1.165) is 0 Å². The summed E-state index contributed by atoms with van der Waals surface area (Å²) in [5.41, 5.74) is 0.179. The molecule has 1 aromatic carbocycles. The topological polar surface area (TPSA) is 107 Å². The van der Waals surface area contributed by atoms with E-state index in [-0.39, 0.29) is 17.2 Å². The molecule has 0 amide bonds. The number of nitrogens with one attached hydrogen (secondary N) is 1. The van der Waals surface area contributed by atoms with Crippen LogP contribution in [0.25, 0.3) is 0 Å². The monoisotopic (exact) mass is 239 g/mol. The third-order valence-corrected chi connectivity index (χ3v) is 2.24. The Balaban J connectivity index is 0.000000181. The molecular formula is C11H13NO5. The van der Waals surface area contributed by atoms with Crippen LogP contribution in [0.4, 0.5) is 0 Å². The third kappa shape index (κ3) is 4.12. The van der Waals surface area contributed by atoms with Crippen molar-refractivity contribution in [3.63, 3.8) is 0 Å². The van der Waals surface area contributed by atoms with Crippen LogP contribution in [0.5, 0.6) is 5.75 Å². The second kappa shape index (κ2) is 5.86. The van der Waals surface area contributed by atoms with Crippen molar-refractivity contribution in [2.24, 2.45) is 5.92 Å². The zero-order chi connectivity index (χ0) is 12.8. The molecule has 1 aliphatic rings. The lowest BCUT2D eigenvalue weighted by atomic mass is 10.1. The molecule has 0 radical (unpaired) electrons. The number of hydrogen-bond acceptors (Lipinski definition) is 4. The maximum absolute atomic E-state index is 10.2. The fourth-order valence-corrected chi connectivity index (χ4v) is 1.07. The van der Waals surface area contributed by atoms with Gasteiger partial charge >= 0.3 is 11.9 Å². The number of carboxylic acid groups (broad SMARTS) is 2. The van der Waals surface area contributed by atoms with Crippen LogP contribution in [0.1, 0.15) is 10.4 Å². The lowest BCUT2D eigenvalue weighted by Gasteiger charge is -2.21. The molecule has 0 atom stereocenters. The van der Waals surface area contributed by atoms with Gasteiger partial charge in [0.1, 0.15) is 5.75 Å². The van der Waals surface area contributed by atoms with Crippen LogP contribution in [0.2, 0.25) is 0 Å². The number of aliphatic carboxylic acids is 1. The molecule has 92 valence electrons. The molecular weight excluding hydrogens is 226 g/mol. The Kier molecular flexibility index (Phi) is 4.47. The van der Waals surface area contributed by atoms with Gasteiger partial charge in [-0.3, -0.25) is 4.79 Å². The zero-order valence-corrected chi connectivity index (χ0v) is 8.96. The minimum Gasteiger partial charge on any atom is -0.508 e. The summed E-state index contributed by atoms with van der Waals surface area (Å²) in [6.07, 6.45) is 0. The minimum atomic E-state index is -0.986. The van der Waals surface area contributed by atoms with Gasteiger partial charge in [0.2, 0.25) is 0 Å². The Bertz CT molecular complexity index is 397. The van der Waals surface area contributed by atoms with E-state index >= 15 is 0 Å². The SMILES string of the molecule is O=C(O)C1CNC1.O=C(O)c1ccc(O)cc1. The van der Waals surface area contributed by atoms with E-state index < -0.39 is 11.9 Å². The van der Waals surface area contributed by atoms with Gasteiger partial charge in [0.25, 0.3) is 0 Å². The van der Waals surface area contributed by atoms with E-state index in [2.05, 4.69) is 5.32 Å². The van der Waals surface area contributed by atoms with Gasteiger partial charge in [-0.1, -0.05) is 0 Å². The van der Waals surface area contributed by atoms with E-state index in [1.54, 1.807) is 0 Å². The van der Waals surface area contributed by atoms with Crippen molar-refractivity contribution in [2.45, 2.75) is 0 Å². The standard InChI is InChI=1S/C7H6O3.C4H7NO2/c8-6-3-1-5(2-4-6)7(9)10;6-4(7)3-1-5-2-3/h1-4,8H,(H,9,10);3,5H,1-2H2,(H,6,7). The molecule has 1 aliphatic heterocycles. The maximum atomic E-state index is 10.2. The molecule has 17 heavy (non-hydrogen) atoms. The Morgan fingerprint density at radius 1 is 1.12 bits per heavy atom. The first-order valence-electron chi connectivity index (χ1n) is 4.96. The van der Waals surface area contributed by atoms with E-state index in [9.17, 15) is 9.59 Å². The first kappa shape index (κ1) is 13.0. The van der Waals surface area contributed by atoms with Crippen LogP contribution in [0.15, 0.2) is 24.3 Å². The first-order chi connectivity index (χ1) is 8.00. The van der Waals surface area contributed by atoms with Gasteiger partial charge in [-0.15, -0.1) is 0 Å². The number of aromatic carboxylic acids is 1. The summed E-state index contributed by atoms with van der Waals surface area (Å²) in [7, 11) is 0. The molecule has 1 fully saturated rings. The molecule has 0 bridgehead atoms. The predicted molar refractivity (Wildman–Crippen MR) is 59.1 cm³/mol. The molecule has 1 heterocycles. The number of phenolic OH excluding ortho intramolecular Hbond substituents is 1. The fraction of sp³-hybridized carbons (Fsp3) is 0.273. The second-order valence-electron chi connectivity index (χ2n) is 3.55. The normalized spacial score (nSPS) is 14.1. The molecule has 0 aliphatic carbocycles. The van der Waals surface area contributed by atoms with Gasteiger partial charge in [0.05, 0.1) is 11.5 Å². The number of aromatic hydroxyl groups is 1. The van der Waals surface area contributed by atoms with Crippen molar-refractivity contribution in [1.82, 2.24) is 5.32 Å². The van der Waals surface area contributed by atoms with Gasteiger partial charge in [0, 0.05) is 13.1 Å². The molecule has 6 heteroatoms. The van der Waals surface area contributed by atoms with Gasteiger partial charge < -0.3 is 20.6 Å². The Hall–Kier alpha value is -2.08. The van der Waals surface area contributed by atoms with Crippen molar-refractivity contribution in [2.75, 3.05) is 13.1 Å². The fourth-order valence-electron chi connectivity index (χ4n) is 1.07. The summed E-state index contributed by atoms with van der Waals surface area (Å²) in [5.74, 6) is -1.70. The summed E-state index contributed by atoms with van der Waals surface area (Å²) >= 11 is 0. The highest BCUT2D eigenvalue weighted by Crippen LogP contribution is 2.08. The highest BCUT2D eigenvalue weighted by atomic mass is 16.4. The number of carboxylic acids is 2. The van der Waals surface area contributed by atoms with Crippen LogP contribution in [-0.2, 0) is 4.79 Å². The Labute approximate surface area is 97.5 Å². The molecule has 6 nitrogen and oxygen atoms in total. The Morgan fingerprint density at radius 2 is 1.65 bits per heavy atom. The molecule has 1 aromatic rings. The van der Waals surface area contributed by atoms with Crippen molar-refractivity contribution >= 4 is 11.9 Å². The van der Waals surface area contributed by atoms with Crippen LogP contribution in [-0.4, -0.2) is 40.3 Å². The smallest absolute Gasteiger partial charge is 0.335 e. The summed E-state index contributed by atoms with van der Waals surface area (Å²) in [6, 6.07) is 5.36. The highest BCUT2D eigenvalue weighted by Gasteiger charge is 2.23. The summed E-state index contributed by atoms with van der Waals surface area (Å²) in [4.78, 5) is 20.2. The van der Waals surface area contributed by atoms with E-state index in [1.165, 1.54) is 24.3 Å². The Morgan fingerprint density at radius 3 is 1.88 bits per heavy atom. The third-order valence-electron chi connectivity index (χ3n) is 2.24. The average molecular weight is 239 g/mol. The first-order valence-corrected chi connectivity index (χ1v) is 4.96. The van der Waals surface area contributed by atoms with Gasteiger partial charge in [-0.05, 0) is 24.3 Å². The predicted octanol–water partition coefficient (Wildman–Crippen LogP) is 0.381. The summed E-state index contributed by atoms with van der Waals surface area (Å²) in [5, 5.41) is 28.2. The van der Waals surface area contributed by atoms with Crippen LogP contribution in [0, 0.1) is 5.92 Å². The van der Waals surface area contributed by atoms with Gasteiger partial charge in [-0.25, -0.2) is 4.79 Å². The van der Waals surface area contributed by atoms with Gasteiger partial charge in [-0.2, -0.15) is 0 Å². The lowest BCUT2D eigenvalue weighted by Crippen LogP contribution is -2.46. The van der Waals surface area contributed by atoms with Crippen LogP contribution < -0.4 is 5.32 Å². The van der Waals surface area contributed by atoms with Crippen LogP contribution >= 0.6 is 0 Å². The minimum absolute atomic E-state index is 0.0741. The van der Waals surface area contributed by atoms with E-state index in [1.807, 2.05) is 0 Å². The number of rotatable bonds is 2. The largest absolute Gasteiger partial charge is 0.508 e. The van der Waals surface area contributed by atoms with Crippen molar-refractivity contribution < 1.29 is 24.9 Å². The molecule has 0 saturated carbocycles. The number of carbonyl (C=O) groups is 2. The second-order valence-corrected chi connectivity index (χ2v) is 3.55. The van der Waals surface area contributed by atoms with Crippen LogP contribution in [0.3, 0.4) is 0 Å². The molecule has 4 N–H and O–H groups in total. The van der Waals surface area contributed by atoms with Crippen molar-refractivity contribution in [3.8, 4) is 5.75 Å². The highest BCUT2D eigenvalue weighted by molar-refractivity contribution is 5.87. The number of hydrogen-bond donors (Lipinski definition) is 4. The quantitative estimate of drug-likeness (QED) is 0.594. The molecule has 0 aromatic heterocycles. The van der Waals surface area contributed by atoms with E-state index in [4.69, 9.17) is 15.3 Å². The van der Waals surface area contributed by atoms with Crippen molar-refractivity contribution in [3.05, 3.63) is 29.8 Å². The van der Waals surface area contributed by atoms with Crippen molar-refractivity contribution in [1.29, 1.82) is 0 Å². The van der Waals surface area contributed by atoms with Gasteiger partial charge in [0.15, 0.2) is 0 Å². The zero-order valence-electron chi connectivity index (χ0n) is 8.96. The number of phenols is 1. The molecule has 0 unspecified atom stereocenters. The molecule has 2 rings (SSSR count). The lowest BCUT2D eigenvalue weighted by molar-refractivity contribution is -0.143. The maximum Gasteiger partial charge on any atom is 0.335 e.